The maximum Gasteiger partial charge on any atom is 0.161 e. The van der Waals surface area contributed by atoms with Crippen molar-refractivity contribution in [3.05, 3.63) is 23.8 Å². The molecule has 1 fully saturated rings. The molecule has 1 saturated heterocycles. The molecule has 1 aliphatic rings. The van der Waals surface area contributed by atoms with Crippen LogP contribution in [0.5, 0.6) is 11.5 Å². The van der Waals surface area contributed by atoms with E-state index in [4.69, 9.17) is 14.2 Å². The molecule has 1 aromatic rings. The third-order valence-corrected chi connectivity index (χ3v) is 2.94. The number of rotatable bonds is 5. The van der Waals surface area contributed by atoms with Crippen LogP contribution in [0.4, 0.5) is 0 Å². The minimum absolute atomic E-state index is 0.113. The van der Waals surface area contributed by atoms with Gasteiger partial charge in [0.2, 0.25) is 0 Å². The molecule has 100 valence electrons. The summed E-state index contributed by atoms with van der Waals surface area (Å²) in [5.41, 5.74) is 1.04. The second-order valence-corrected chi connectivity index (χ2v) is 4.64. The second-order valence-electron chi connectivity index (χ2n) is 4.64. The van der Waals surface area contributed by atoms with Gasteiger partial charge in [0.1, 0.15) is 6.10 Å². The van der Waals surface area contributed by atoms with Gasteiger partial charge in [0.25, 0.3) is 0 Å². The van der Waals surface area contributed by atoms with Crippen molar-refractivity contribution in [2.75, 3.05) is 20.3 Å². The molecule has 0 radical (unpaired) electrons. The maximum atomic E-state index is 9.38. The average molecular weight is 252 g/mol. The molecule has 4 nitrogen and oxygen atoms in total. The fourth-order valence-electron chi connectivity index (χ4n) is 2.06. The summed E-state index contributed by atoms with van der Waals surface area (Å²) in [7, 11) is 1.62. The lowest BCUT2D eigenvalue weighted by Crippen LogP contribution is -2.16. The van der Waals surface area contributed by atoms with Crippen LogP contribution >= 0.6 is 0 Å². The fourth-order valence-corrected chi connectivity index (χ4v) is 2.06. The minimum atomic E-state index is -0.357. The van der Waals surface area contributed by atoms with Crippen LogP contribution in [0.2, 0.25) is 0 Å². The summed E-state index contributed by atoms with van der Waals surface area (Å²) in [6.45, 7) is 3.17. The molecule has 0 saturated carbocycles. The van der Waals surface area contributed by atoms with Gasteiger partial charge in [-0.05, 0) is 31.0 Å². The summed E-state index contributed by atoms with van der Waals surface area (Å²) < 4.78 is 16.5. The minimum Gasteiger partial charge on any atom is -0.493 e. The molecule has 2 rings (SSSR count). The number of aliphatic hydroxyl groups excluding tert-OH is 1. The third-order valence-electron chi connectivity index (χ3n) is 2.94. The summed E-state index contributed by atoms with van der Waals surface area (Å²) in [5.74, 6) is 1.45. The molecule has 1 N–H and O–H groups in total. The first-order chi connectivity index (χ1) is 8.69. The Labute approximate surface area is 107 Å². The van der Waals surface area contributed by atoms with Crippen molar-refractivity contribution < 1.29 is 19.3 Å². The molecule has 0 aromatic heterocycles. The molecule has 0 aliphatic carbocycles. The molecule has 18 heavy (non-hydrogen) atoms. The lowest BCUT2D eigenvalue weighted by molar-refractivity contribution is 0.138. The molecule has 0 bridgehead atoms. The van der Waals surface area contributed by atoms with Gasteiger partial charge in [-0.25, -0.2) is 0 Å². The van der Waals surface area contributed by atoms with E-state index in [1.165, 1.54) is 0 Å². The van der Waals surface area contributed by atoms with E-state index >= 15 is 0 Å². The van der Waals surface area contributed by atoms with Crippen molar-refractivity contribution >= 4 is 0 Å². The normalized spacial score (nSPS) is 20.7. The summed E-state index contributed by atoms with van der Waals surface area (Å²) in [4.78, 5) is 0. The van der Waals surface area contributed by atoms with Crippen LogP contribution < -0.4 is 9.47 Å². The first-order valence-electron chi connectivity index (χ1n) is 6.28. The molecule has 1 aromatic carbocycles. The van der Waals surface area contributed by atoms with Crippen LogP contribution in [0, 0.1) is 0 Å². The average Bonchev–Trinajstić information content (AvgIpc) is 2.83. The van der Waals surface area contributed by atoms with Crippen molar-refractivity contribution in [1.29, 1.82) is 0 Å². The number of benzene rings is 1. The zero-order chi connectivity index (χ0) is 13.0. The summed E-state index contributed by atoms with van der Waals surface area (Å²) >= 11 is 0. The van der Waals surface area contributed by atoms with Gasteiger partial charge in [-0.1, -0.05) is 6.07 Å². The van der Waals surface area contributed by atoms with Crippen molar-refractivity contribution in [2.45, 2.75) is 32.0 Å². The zero-order valence-electron chi connectivity index (χ0n) is 10.9. The fraction of sp³-hybridized carbons (Fsp3) is 0.571. The molecule has 2 atom stereocenters. The number of hydrogen-bond donors (Lipinski definition) is 1. The third kappa shape index (κ3) is 3.37. The molecular weight excluding hydrogens is 232 g/mol. The Morgan fingerprint density at radius 3 is 2.89 bits per heavy atom. The van der Waals surface area contributed by atoms with E-state index in [0.717, 1.165) is 24.3 Å². The largest absolute Gasteiger partial charge is 0.493 e. The Morgan fingerprint density at radius 1 is 1.44 bits per heavy atom. The van der Waals surface area contributed by atoms with E-state index in [0.29, 0.717) is 18.8 Å². The van der Waals surface area contributed by atoms with Crippen LogP contribution in [-0.4, -0.2) is 37.6 Å². The predicted octanol–water partition coefficient (Wildman–Crippen LogP) is 1.79. The highest BCUT2D eigenvalue weighted by Gasteiger charge is 2.19. The Bertz CT molecular complexity index is 383. The molecular formula is C14H20O4. The molecule has 0 spiro atoms. The molecule has 0 amide bonds. The Morgan fingerprint density at radius 2 is 2.28 bits per heavy atom. The van der Waals surface area contributed by atoms with Crippen molar-refractivity contribution in [3.8, 4) is 11.5 Å². The van der Waals surface area contributed by atoms with Gasteiger partial charge in [0, 0.05) is 6.42 Å². The van der Waals surface area contributed by atoms with Gasteiger partial charge in [-0.2, -0.15) is 0 Å². The van der Waals surface area contributed by atoms with Crippen LogP contribution in [0.1, 0.15) is 18.9 Å². The lowest BCUT2D eigenvalue weighted by Gasteiger charge is -2.16. The predicted molar refractivity (Wildman–Crippen MR) is 68.2 cm³/mol. The van der Waals surface area contributed by atoms with E-state index in [1.807, 2.05) is 18.2 Å². The smallest absolute Gasteiger partial charge is 0.161 e. The van der Waals surface area contributed by atoms with E-state index in [2.05, 4.69) is 0 Å². The summed E-state index contributed by atoms with van der Waals surface area (Å²) in [6.07, 6.45) is 1.29. The van der Waals surface area contributed by atoms with Crippen molar-refractivity contribution in [3.63, 3.8) is 0 Å². The van der Waals surface area contributed by atoms with Gasteiger partial charge in [-0.3, -0.25) is 0 Å². The van der Waals surface area contributed by atoms with Crippen molar-refractivity contribution in [1.82, 2.24) is 0 Å². The van der Waals surface area contributed by atoms with E-state index in [1.54, 1.807) is 14.0 Å². The first-order valence-corrected chi connectivity index (χ1v) is 6.28. The van der Waals surface area contributed by atoms with Crippen molar-refractivity contribution in [2.24, 2.45) is 0 Å². The summed E-state index contributed by atoms with van der Waals surface area (Å²) in [5, 5.41) is 9.38. The van der Waals surface area contributed by atoms with Gasteiger partial charge >= 0.3 is 0 Å². The summed E-state index contributed by atoms with van der Waals surface area (Å²) in [6, 6.07) is 5.77. The molecule has 1 heterocycles. The number of hydrogen-bond acceptors (Lipinski definition) is 4. The van der Waals surface area contributed by atoms with Gasteiger partial charge < -0.3 is 19.3 Å². The molecule has 1 aliphatic heterocycles. The number of ether oxygens (including phenoxy) is 3. The topological polar surface area (TPSA) is 47.9 Å². The highest BCUT2D eigenvalue weighted by Crippen LogP contribution is 2.30. The molecule has 2 unspecified atom stereocenters. The van der Waals surface area contributed by atoms with Gasteiger partial charge in [-0.15, -0.1) is 0 Å². The van der Waals surface area contributed by atoms with E-state index < -0.39 is 0 Å². The van der Waals surface area contributed by atoms with Crippen LogP contribution in [0.3, 0.4) is 0 Å². The monoisotopic (exact) mass is 252 g/mol. The Hall–Kier alpha value is -1.26. The Kier molecular flexibility index (Phi) is 4.44. The Balaban J connectivity index is 2.09. The number of methoxy groups -OCH3 is 1. The SMILES string of the molecule is COc1cc(CC(C)O)ccc1OC1CCOC1. The highest BCUT2D eigenvalue weighted by molar-refractivity contribution is 5.43. The second kappa shape index (κ2) is 6.07. The van der Waals surface area contributed by atoms with Crippen LogP contribution in [0.25, 0.3) is 0 Å². The van der Waals surface area contributed by atoms with E-state index in [9.17, 15) is 5.11 Å². The van der Waals surface area contributed by atoms with Gasteiger partial charge in [0.15, 0.2) is 11.5 Å². The maximum absolute atomic E-state index is 9.38. The van der Waals surface area contributed by atoms with Gasteiger partial charge in [0.05, 0.1) is 26.4 Å². The zero-order valence-corrected chi connectivity index (χ0v) is 10.9. The van der Waals surface area contributed by atoms with Crippen LogP contribution in [0.15, 0.2) is 18.2 Å². The quantitative estimate of drug-likeness (QED) is 0.868. The standard InChI is InChI=1S/C14H20O4/c1-10(15)7-11-3-4-13(14(8-11)16-2)18-12-5-6-17-9-12/h3-4,8,10,12,15H,5-7,9H2,1-2H3. The highest BCUT2D eigenvalue weighted by atomic mass is 16.6. The lowest BCUT2D eigenvalue weighted by atomic mass is 10.1. The van der Waals surface area contributed by atoms with Crippen LogP contribution in [-0.2, 0) is 11.2 Å². The first kappa shape index (κ1) is 13.2. The van der Waals surface area contributed by atoms with E-state index in [-0.39, 0.29) is 12.2 Å². The molecule has 4 heteroatoms. The number of aliphatic hydroxyl groups is 1.